The molecule has 0 N–H and O–H groups in total. The number of nitrogens with zero attached hydrogens (tertiary/aromatic N) is 2. The Hall–Kier alpha value is -1.95. The van der Waals surface area contributed by atoms with Gasteiger partial charge < -0.3 is 9.64 Å². The molecule has 23 heavy (non-hydrogen) atoms. The summed E-state index contributed by atoms with van der Waals surface area (Å²) >= 11 is 1.70. The minimum atomic E-state index is -0.318. The lowest BCUT2D eigenvalue weighted by Gasteiger charge is -2.31. The van der Waals surface area contributed by atoms with Crippen LogP contribution >= 0.6 is 11.3 Å². The van der Waals surface area contributed by atoms with Crippen molar-refractivity contribution in [3.8, 4) is 5.75 Å². The first-order chi connectivity index (χ1) is 11.1. The van der Waals surface area contributed by atoms with Crippen molar-refractivity contribution in [2.24, 2.45) is 0 Å². The topological polar surface area (TPSA) is 42.4 Å². The molecule has 1 amide bonds. The van der Waals surface area contributed by atoms with Crippen LogP contribution in [0.15, 0.2) is 30.5 Å². The van der Waals surface area contributed by atoms with Gasteiger partial charge in [-0.25, -0.2) is 9.37 Å². The Kier molecular flexibility index (Phi) is 4.91. The van der Waals surface area contributed by atoms with E-state index in [1.807, 2.05) is 18.0 Å². The van der Waals surface area contributed by atoms with Crippen LogP contribution < -0.4 is 4.74 Å². The van der Waals surface area contributed by atoms with Gasteiger partial charge in [0.15, 0.2) is 6.61 Å². The molecule has 4 nitrogen and oxygen atoms in total. The summed E-state index contributed by atoms with van der Waals surface area (Å²) in [7, 11) is 0. The Morgan fingerprint density at radius 2 is 2.22 bits per heavy atom. The van der Waals surface area contributed by atoms with E-state index in [1.54, 1.807) is 11.3 Å². The highest BCUT2D eigenvalue weighted by Crippen LogP contribution is 2.29. The van der Waals surface area contributed by atoms with Crippen LogP contribution in [0.1, 0.15) is 28.6 Å². The van der Waals surface area contributed by atoms with Crippen molar-refractivity contribution in [2.45, 2.75) is 25.7 Å². The third kappa shape index (κ3) is 4.07. The fourth-order valence-corrected chi connectivity index (χ4v) is 3.63. The number of likely N-dealkylation sites (tertiary alicyclic amines) is 1. The molecule has 122 valence electrons. The van der Waals surface area contributed by atoms with Crippen molar-refractivity contribution in [3.05, 3.63) is 46.2 Å². The van der Waals surface area contributed by atoms with Crippen LogP contribution in [0.25, 0.3) is 0 Å². The third-order valence-corrected chi connectivity index (χ3v) is 5.01. The van der Waals surface area contributed by atoms with Crippen LogP contribution in [0.2, 0.25) is 0 Å². The molecule has 6 heteroatoms. The predicted octanol–water partition coefficient (Wildman–Crippen LogP) is 3.38. The molecule has 1 atom stereocenters. The molecule has 0 aliphatic carbocycles. The molecule has 1 aliphatic heterocycles. The molecule has 2 heterocycles. The van der Waals surface area contributed by atoms with Crippen LogP contribution in [0.5, 0.6) is 5.75 Å². The van der Waals surface area contributed by atoms with Gasteiger partial charge in [0.25, 0.3) is 5.91 Å². The molecule has 0 spiro atoms. The van der Waals surface area contributed by atoms with Crippen molar-refractivity contribution in [1.29, 1.82) is 0 Å². The van der Waals surface area contributed by atoms with Gasteiger partial charge in [-0.2, -0.15) is 0 Å². The summed E-state index contributed by atoms with van der Waals surface area (Å²) < 4.78 is 18.3. The average molecular weight is 334 g/mol. The van der Waals surface area contributed by atoms with Crippen molar-refractivity contribution in [2.75, 3.05) is 19.7 Å². The molecular formula is C17H19FN2O2S. The summed E-state index contributed by atoms with van der Waals surface area (Å²) in [5, 5.41) is 1.11. The van der Waals surface area contributed by atoms with Crippen LogP contribution in [0.3, 0.4) is 0 Å². The lowest BCUT2D eigenvalue weighted by atomic mass is 9.99. The minimum absolute atomic E-state index is 0.0186. The first-order valence-electron chi connectivity index (χ1n) is 7.70. The summed E-state index contributed by atoms with van der Waals surface area (Å²) in [6.45, 7) is 3.48. The van der Waals surface area contributed by atoms with Gasteiger partial charge in [-0.05, 0) is 44.0 Å². The standard InChI is InChI=1S/C17H19FN2O2S/c1-12-9-19-17(23-12)13-3-2-8-20(10-13)16(21)11-22-15-6-4-14(18)5-7-15/h4-7,9,13H,2-3,8,10-11H2,1H3/t13-/m1/s1. The molecule has 3 rings (SSSR count). The lowest BCUT2D eigenvalue weighted by molar-refractivity contribution is -0.134. The zero-order valence-corrected chi connectivity index (χ0v) is 13.8. The van der Waals surface area contributed by atoms with E-state index in [2.05, 4.69) is 4.98 Å². The van der Waals surface area contributed by atoms with E-state index in [0.717, 1.165) is 24.4 Å². The second-order valence-corrected chi connectivity index (χ2v) is 7.00. The van der Waals surface area contributed by atoms with E-state index in [9.17, 15) is 9.18 Å². The molecule has 1 aliphatic rings. The number of rotatable bonds is 4. The van der Waals surface area contributed by atoms with Crippen molar-refractivity contribution >= 4 is 17.2 Å². The largest absolute Gasteiger partial charge is 0.484 e. The van der Waals surface area contributed by atoms with Gasteiger partial charge in [0.1, 0.15) is 11.6 Å². The number of hydrogen-bond donors (Lipinski definition) is 0. The number of benzene rings is 1. The number of hydrogen-bond acceptors (Lipinski definition) is 4. The smallest absolute Gasteiger partial charge is 0.260 e. The molecule has 1 fully saturated rings. The van der Waals surface area contributed by atoms with Crippen LogP contribution in [0, 0.1) is 12.7 Å². The first kappa shape index (κ1) is 15.9. The second-order valence-electron chi connectivity index (χ2n) is 5.73. The van der Waals surface area contributed by atoms with Crippen LogP contribution in [-0.4, -0.2) is 35.5 Å². The Morgan fingerprint density at radius 3 is 2.91 bits per heavy atom. The maximum absolute atomic E-state index is 12.8. The molecule has 1 aromatic heterocycles. The highest BCUT2D eigenvalue weighted by Gasteiger charge is 2.26. The predicted molar refractivity (Wildman–Crippen MR) is 87.3 cm³/mol. The average Bonchev–Trinajstić information content (AvgIpc) is 3.01. The van der Waals surface area contributed by atoms with E-state index in [-0.39, 0.29) is 18.3 Å². The number of thiazole rings is 1. The molecular weight excluding hydrogens is 315 g/mol. The van der Waals surface area contributed by atoms with Crippen LogP contribution in [-0.2, 0) is 4.79 Å². The molecule has 0 saturated carbocycles. The van der Waals surface area contributed by atoms with Crippen molar-refractivity contribution in [1.82, 2.24) is 9.88 Å². The Morgan fingerprint density at radius 1 is 1.43 bits per heavy atom. The molecule has 0 unspecified atom stereocenters. The second kappa shape index (κ2) is 7.08. The third-order valence-electron chi connectivity index (χ3n) is 3.94. The Labute approximate surface area is 138 Å². The number of ether oxygens (including phenoxy) is 1. The summed E-state index contributed by atoms with van der Waals surface area (Å²) in [4.78, 5) is 19.8. The van der Waals surface area contributed by atoms with Crippen molar-refractivity contribution in [3.63, 3.8) is 0 Å². The van der Waals surface area contributed by atoms with Crippen molar-refractivity contribution < 1.29 is 13.9 Å². The summed E-state index contributed by atoms with van der Waals surface area (Å²) in [5.41, 5.74) is 0. The van der Waals surface area contributed by atoms with Gasteiger partial charge in [-0.3, -0.25) is 4.79 Å². The normalized spacial score (nSPS) is 18.0. The number of aryl methyl sites for hydroxylation is 1. The maximum atomic E-state index is 12.8. The van der Waals surface area contributed by atoms with E-state index in [4.69, 9.17) is 4.74 Å². The zero-order valence-electron chi connectivity index (χ0n) is 13.0. The fourth-order valence-electron chi connectivity index (χ4n) is 2.73. The number of halogens is 1. The van der Waals surface area contributed by atoms with E-state index in [0.29, 0.717) is 18.2 Å². The summed E-state index contributed by atoms with van der Waals surface area (Å²) in [6, 6.07) is 5.70. The van der Waals surface area contributed by atoms with E-state index >= 15 is 0 Å². The number of amides is 1. The van der Waals surface area contributed by atoms with E-state index in [1.165, 1.54) is 29.1 Å². The molecule has 1 aromatic carbocycles. The van der Waals surface area contributed by atoms with Gasteiger partial charge in [-0.1, -0.05) is 0 Å². The maximum Gasteiger partial charge on any atom is 0.260 e. The Balaban J connectivity index is 1.55. The van der Waals surface area contributed by atoms with Gasteiger partial charge in [-0.15, -0.1) is 11.3 Å². The first-order valence-corrected chi connectivity index (χ1v) is 8.52. The zero-order chi connectivity index (χ0) is 16.2. The molecule has 2 aromatic rings. The summed E-state index contributed by atoms with van der Waals surface area (Å²) in [5.74, 6) is 0.467. The van der Waals surface area contributed by atoms with Gasteiger partial charge in [0, 0.05) is 30.1 Å². The highest BCUT2D eigenvalue weighted by atomic mass is 32.1. The number of carbonyl (C=O) groups excluding carboxylic acids is 1. The number of piperidine rings is 1. The van der Waals surface area contributed by atoms with Gasteiger partial charge >= 0.3 is 0 Å². The molecule has 0 bridgehead atoms. The monoisotopic (exact) mass is 334 g/mol. The molecule has 1 saturated heterocycles. The summed E-state index contributed by atoms with van der Waals surface area (Å²) in [6.07, 6.45) is 3.93. The quantitative estimate of drug-likeness (QED) is 0.861. The minimum Gasteiger partial charge on any atom is -0.484 e. The van der Waals surface area contributed by atoms with E-state index < -0.39 is 0 Å². The SMILES string of the molecule is Cc1cnc([C@@H]2CCCN(C(=O)COc3ccc(F)cc3)C2)s1. The van der Waals surface area contributed by atoms with Gasteiger partial charge in [0.2, 0.25) is 0 Å². The van der Waals surface area contributed by atoms with Gasteiger partial charge in [0.05, 0.1) is 5.01 Å². The Bertz CT molecular complexity index is 671. The number of carbonyl (C=O) groups is 1. The fraction of sp³-hybridized carbons (Fsp3) is 0.412. The highest BCUT2D eigenvalue weighted by molar-refractivity contribution is 7.11. The molecule has 0 radical (unpaired) electrons. The lowest BCUT2D eigenvalue weighted by Crippen LogP contribution is -2.41. The number of aromatic nitrogens is 1. The van der Waals surface area contributed by atoms with Crippen LogP contribution in [0.4, 0.5) is 4.39 Å².